The van der Waals surface area contributed by atoms with Crippen molar-refractivity contribution in [3.63, 3.8) is 0 Å². The molecule has 0 aromatic heterocycles. The first-order valence-electron chi connectivity index (χ1n) is 26.5. The van der Waals surface area contributed by atoms with Gasteiger partial charge in [0, 0.05) is 45.0 Å². The molecular weight excluding hydrogens is 853 g/mol. The molecule has 6 aliphatic rings. The van der Waals surface area contributed by atoms with Gasteiger partial charge in [0.2, 0.25) is 0 Å². The van der Waals surface area contributed by atoms with Crippen molar-refractivity contribution in [3.05, 3.63) is 149 Å². The SMILES string of the molecule is CC(C)(C)c1ccc2c(c1)B1c3cc(C(C)(C)C)ccc3-c3cc4c5c6c3N1c1c(cc(C(C)(C)C)cc1-2)B6c1cc(C(C)(C)C)cc2c1N5B(c1cc(C(C)(C)C)ccc1-2)c1ccc2ccccc2c1-4. The summed E-state index contributed by atoms with van der Waals surface area (Å²) in [5.74, 6) is 0. The number of hydrogen-bond acceptors (Lipinski definition) is 2. The Hall–Kier alpha value is -6.19. The Morgan fingerprint density at radius 2 is 0.704 bits per heavy atom. The average Bonchev–Trinajstić information content (AvgIpc) is 3.31. The van der Waals surface area contributed by atoms with Crippen LogP contribution in [-0.2, 0) is 27.1 Å². The summed E-state index contributed by atoms with van der Waals surface area (Å²) in [5, 5.41) is 2.63. The first-order valence-corrected chi connectivity index (χ1v) is 26.5. The van der Waals surface area contributed by atoms with Crippen LogP contribution >= 0.6 is 0 Å². The Morgan fingerprint density at radius 1 is 0.310 bits per heavy atom. The van der Waals surface area contributed by atoms with Crippen molar-refractivity contribution in [2.24, 2.45) is 0 Å². The highest BCUT2D eigenvalue weighted by Crippen LogP contribution is 2.57. The standard InChI is InChI=1S/C66H65B3N2/c1-62(2,3)37-21-24-43-46-28-40(65(10,11)12)34-55-59(46)71-61-49(56-42-19-17-16-18-36(42)20-27-50(56)68(71)51(43)30-37)35-48-45-26-23-39(64(7,8)9)32-53(45)69-52-31-38(63(4,5)6)22-25-44(52)47-29-41(66(13,14)15)33-54-58(47)70(69)60(48)57(61)67(54)55/h16-35H,1-15H3. The average molecular weight is 919 g/mol. The summed E-state index contributed by atoms with van der Waals surface area (Å²) in [7, 11) is 0. The first-order chi connectivity index (χ1) is 33.4. The molecule has 14 rings (SSSR count). The summed E-state index contributed by atoms with van der Waals surface area (Å²) < 4.78 is 0. The van der Waals surface area contributed by atoms with E-state index in [1.165, 1.54) is 144 Å². The van der Waals surface area contributed by atoms with Crippen molar-refractivity contribution < 1.29 is 0 Å². The number of rotatable bonds is 0. The Balaban J connectivity index is 1.23. The van der Waals surface area contributed by atoms with E-state index in [4.69, 9.17) is 0 Å². The van der Waals surface area contributed by atoms with Gasteiger partial charge in [-0.3, -0.25) is 0 Å². The second kappa shape index (κ2) is 13.5. The molecule has 0 atom stereocenters. The summed E-state index contributed by atoms with van der Waals surface area (Å²) >= 11 is 0. The number of fused-ring (bicyclic) bond motifs is 16. The third kappa shape index (κ3) is 5.70. The van der Waals surface area contributed by atoms with Gasteiger partial charge in [0.1, 0.15) is 0 Å². The van der Waals surface area contributed by atoms with Gasteiger partial charge in [-0.1, -0.05) is 207 Å². The minimum atomic E-state index is -0.0778. The fraction of sp³-hybridized carbons (Fsp3) is 0.303. The molecule has 8 aromatic carbocycles. The van der Waals surface area contributed by atoms with Gasteiger partial charge in [-0.2, -0.15) is 0 Å². The van der Waals surface area contributed by atoms with Gasteiger partial charge < -0.3 is 9.62 Å². The monoisotopic (exact) mass is 919 g/mol. The van der Waals surface area contributed by atoms with Gasteiger partial charge in [0.15, 0.2) is 0 Å². The van der Waals surface area contributed by atoms with Crippen LogP contribution in [0.1, 0.15) is 132 Å². The summed E-state index contributed by atoms with van der Waals surface area (Å²) in [5.41, 5.74) is 33.4. The molecular formula is C66H65B3N2. The molecule has 348 valence electrons. The maximum absolute atomic E-state index is 2.89. The fourth-order valence-corrected chi connectivity index (χ4v) is 13.9. The van der Waals surface area contributed by atoms with Crippen LogP contribution < -0.4 is 47.9 Å². The zero-order valence-electron chi connectivity index (χ0n) is 44.7. The van der Waals surface area contributed by atoms with Crippen molar-refractivity contribution in [2.75, 3.05) is 9.62 Å². The molecule has 0 unspecified atom stereocenters. The van der Waals surface area contributed by atoms with Crippen LogP contribution in [0.5, 0.6) is 0 Å². The summed E-state index contributed by atoms with van der Waals surface area (Å²) in [6.45, 7) is 35.9. The van der Waals surface area contributed by atoms with Gasteiger partial charge in [-0.05, 0) is 144 Å². The molecule has 0 bridgehead atoms. The van der Waals surface area contributed by atoms with Crippen LogP contribution in [0.2, 0.25) is 0 Å². The minimum Gasteiger partial charge on any atom is -0.377 e. The molecule has 0 fully saturated rings. The molecule has 0 saturated heterocycles. The van der Waals surface area contributed by atoms with Crippen LogP contribution in [0.4, 0.5) is 22.7 Å². The van der Waals surface area contributed by atoms with Crippen molar-refractivity contribution in [2.45, 2.75) is 131 Å². The van der Waals surface area contributed by atoms with Crippen molar-refractivity contribution in [1.29, 1.82) is 0 Å². The third-order valence-electron chi connectivity index (χ3n) is 17.7. The van der Waals surface area contributed by atoms with Crippen LogP contribution in [0, 0.1) is 0 Å². The molecule has 0 radical (unpaired) electrons. The van der Waals surface area contributed by atoms with E-state index in [9.17, 15) is 0 Å². The molecule has 0 saturated carbocycles. The summed E-state index contributed by atoms with van der Waals surface area (Å²) in [6.07, 6.45) is 0. The summed E-state index contributed by atoms with van der Waals surface area (Å²) in [6, 6.07) is 49.9. The van der Waals surface area contributed by atoms with Gasteiger partial charge in [-0.15, -0.1) is 0 Å². The predicted molar refractivity (Wildman–Crippen MR) is 311 cm³/mol. The first kappa shape index (κ1) is 43.6. The van der Waals surface area contributed by atoms with Crippen LogP contribution in [0.25, 0.3) is 55.3 Å². The predicted octanol–water partition coefficient (Wildman–Crippen LogP) is 12.3. The lowest BCUT2D eigenvalue weighted by Gasteiger charge is -2.55. The fourth-order valence-electron chi connectivity index (χ4n) is 13.9. The van der Waals surface area contributed by atoms with Gasteiger partial charge in [0.05, 0.1) is 0 Å². The van der Waals surface area contributed by atoms with Crippen LogP contribution in [-0.4, -0.2) is 20.4 Å². The highest BCUT2D eigenvalue weighted by atomic mass is 15.1. The summed E-state index contributed by atoms with van der Waals surface area (Å²) in [4.78, 5) is 5.78. The van der Waals surface area contributed by atoms with Gasteiger partial charge in [-0.25, -0.2) is 0 Å². The molecule has 0 spiro atoms. The highest BCUT2D eigenvalue weighted by Gasteiger charge is 2.57. The van der Waals surface area contributed by atoms with E-state index in [2.05, 4.69) is 235 Å². The number of hydrogen-bond donors (Lipinski definition) is 0. The normalized spacial score (nSPS) is 15.4. The van der Waals surface area contributed by atoms with Crippen LogP contribution in [0.3, 0.4) is 0 Å². The second-order valence-corrected chi connectivity index (χ2v) is 27.4. The number of benzene rings is 8. The van der Waals surface area contributed by atoms with E-state index in [0.717, 1.165) is 0 Å². The number of nitrogens with zero attached hydrogens (tertiary/aromatic N) is 2. The Kier molecular flexibility index (Phi) is 8.26. The van der Waals surface area contributed by atoms with E-state index in [-0.39, 0.29) is 47.5 Å². The zero-order valence-corrected chi connectivity index (χ0v) is 44.7. The maximum atomic E-state index is 2.89. The maximum Gasteiger partial charge on any atom is 0.329 e. The van der Waals surface area contributed by atoms with Crippen molar-refractivity contribution in [3.8, 4) is 44.5 Å². The molecule has 71 heavy (non-hydrogen) atoms. The zero-order chi connectivity index (χ0) is 49.5. The molecule has 8 aromatic rings. The largest absolute Gasteiger partial charge is 0.377 e. The molecule has 0 aliphatic carbocycles. The Morgan fingerprint density at radius 3 is 1.15 bits per heavy atom. The van der Waals surface area contributed by atoms with E-state index in [1.807, 2.05) is 0 Å². The molecule has 2 nitrogen and oxygen atoms in total. The smallest absolute Gasteiger partial charge is 0.329 e. The highest BCUT2D eigenvalue weighted by molar-refractivity contribution is 7.06. The van der Waals surface area contributed by atoms with E-state index in [1.54, 1.807) is 0 Å². The topological polar surface area (TPSA) is 6.48 Å². The number of anilines is 4. The molecule has 5 heteroatoms. The third-order valence-corrected chi connectivity index (χ3v) is 17.7. The second-order valence-electron chi connectivity index (χ2n) is 27.4. The van der Waals surface area contributed by atoms with Gasteiger partial charge >= 0.3 is 13.7 Å². The molecule has 6 heterocycles. The quantitative estimate of drug-likeness (QED) is 0.140. The molecule has 0 amide bonds. The molecule has 0 N–H and O–H groups in total. The Bertz CT molecular complexity index is 3760. The van der Waals surface area contributed by atoms with Crippen molar-refractivity contribution >= 4 is 92.2 Å². The van der Waals surface area contributed by atoms with Gasteiger partial charge in [0.25, 0.3) is 6.71 Å². The lowest BCUT2D eigenvalue weighted by atomic mass is 9.28. The Labute approximate surface area is 424 Å². The van der Waals surface area contributed by atoms with Crippen molar-refractivity contribution in [1.82, 2.24) is 0 Å². The molecule has 6 aliphatic heterocycles. The van der Waals surface area contributed by atoms with Crippen LogP contribution in [0.15, 0.2) is 121 Å². The van der Waals surface area contributed by atoms with E-state index in [0.29, 0.717) is 0 Å². The lowest BCUT2D eigenvalue weighted by Crippen LogP contribution is -2.72. The van der Waals surface area contributed by atoms with E-state index >= 15 is 0 Å². The minimum absolute atomic E-state index is 0.000818. The van der Waals surface area contributed by atoms with E-state index < -0.39 is 0 Å². The lowest BCUT2D eigenvalue weighted by molar-refractivity contribution is 0.590.